The average Bonchev–Trinajstić information content (AvgIpc) is 3.07. The van der Waals surface area contributed by atoms with Gasteiger partial charge in [-0.15, -0.1) is 13.2 Å². The van der Waals surface area contributed by atoms with Crippen LogP contribution in [0.3, 0.4) is 0 Å². The Balaban J connectivity index is 1.97. The second-order valence-electron chi connectivity index (χ2n) is 5.63. The van der Waals surface area contributed by atoms with Gasteiger partial charge in [0.25, 0.3) is 0 Å². The monoisotopic (exact) mass is 375 g/mol. The first kappa shape index (κ1) is 17.4. The molecule has 6 nitrogen and oxygen atoms in total. The van der Waals surface area contributed by atoms with Crippen LogP contribution >= 0.6 is 11.6 Å². The Labute approximate surface area is 145 Å². The van der Waals surface area contributed by atoms with Gasteiger partial charge in [-0.3, -0.25) is 9.48 Å². The van der Waals surface area contributed by atoms with Crippen LogP contribution in [0.1, 0.15) is 17.9 Å². The molecule has 1 aromatic heterocycles. The molecule has 134 valence electrons. The third-order valence-corrected chi connectivity index (χ3v) is 4.18. The molecule has 2 heterocycles. The highest BCUT2D eigenvalue weighted by atomic mass is 35.5. The van der Waals surface area contributed by atoms with Crippen molar-refractivity contribution in [2.45, 2.75) is 18.7 Å². The first-order valence-electron chi connectivity index (χ1n) is 7.22. The summed E-state index contributed by atoms with van der Waals surface area (Å²) >= 11 is 5.83. The maximum absolute atomic E-state index is 12.7. The molecule has 1 fully saturated rings. The molecule has 0 bridgehead atoms. The summed E-state index contributed by atoms with van der Waals surface area (Å²) in [6.07, 6.45) is -1.97. The maximum Gasteiger partial charge on any atom is 0.573 e. The molecule has 1 amide bonds. The molecule has 1 N–H and O–H groups in total. The number of phenolic OH excluding ortho intramolecular Hbond substituents is 1. The standard InChI is InChI=1S/C15H13ClF3N3O3/c1-21-7-9(5-20-21)22-6-8(4-12(22)24)13-11(23)3-2-10(16)14(13)25-15(17,18)19/h2-3,5,7-8,23H,4,6H2,1H3. The summed E-state index contributed by atoms with van der Waals surface area (Å²) in [4.78, 5) is 13.7. The lowest BCUT2D eigenvalue weighted by Crippen LogP contribution is -2.24. The van der Waals surface area contributed by atoms with E-state index in [0.717, 1.165) is 6.07 Å². The van der Waals surface area contributed by atoms with E-state index in [-0.39, 0.29) is 29.5 Å². The van der Waals surface area contributed by atoms with Gasteiger partial charge in [0, 0.05) is 37.7 Å². The summed E-state index contributed by atoms with van der Waals surface area (Å²) in [7, 11) is 1.68. The normalized spacial score (nSPS) is 18.0. The Kier molecular flexibility index (Phi) is 4.28. The number of aromatic hydroxyl groups is 1. The molecule has 1 aliphatic rings. The first-order chi connectivity index (χ1) is 11.7. The Hall–Kier alpha value is -2.42. The highest BCUT2D eigenvalue weighted by Gasteiger charge is 2.39. The topological polar surface area (TPSA) is 67.6 Å². The second-order valence-corrected chi connectivity index (χ2v) is 6.04. The highest BCUT2D eigenvalue weighted by Crippen LogP contribution is 2.45. The molecular formula is C15H13ClF3N3O3. The van der Waals surface area contributed by atoms with Crippen LogP contribution in [-0.2, 0) is 11.8 Å². The third-order valence-electron chi connectivity index (χ3n) is 3.88. The first-order valence-corrected chi connectivity index (χ1v) is 7.59. The third kappa shape index (κ3) is 3.51. The largest absolute Gasteiger partial charge is 0.573 e. The number of aromatic nitrogens is 2. The SMILES string of the molecule is Cn1cc(N2CC(c3c(O)ccc(Cl)c3OC(F)(F)F)CC2=O)cn1. The van der Waals surface area contributed by atoms with E-state index in [2.05, 4.69) is 9.84 Å². The molecule has 10 heteroatoms. The Morgan fingerprint density at radius 1 is 1.40 bits per heavy atom. The number of halogens is 4. The number of amides is 1. The molecule has 25 heavy (non-hydrogen) atoms. The van der Waals surface area contributed by atoms with Crippen molar-refractivity contribution in [2.75, 3.05) is 11.4 Å². The van der Waals surface area contributed by atoms with Gasteiger partial charge in [0.15, 0.2) is 5.75 Å². The number of phenols is 1. The van der Waals surface area contributed by atoms with E-state index in [0.29, 0.717) is 5.69 Å². The molecule has 0 aliphatic carbocycles. The summed E-state index contributed by atoms with van der Waals surface area (Å²) in [6.45, 7) is 0.0760. The van der Waals surface area contributed by atoms with E-state index in [4.69, 9.17) is 11.6 Å². The molecule has 0 spiro atoms. The van der Waals surface area contributed by atoms with Crippen LogP contribution < -0.4 is 9.64 Å². The lowest BCUT2D eigenvalue weighted by atomic mass is 9.96. The lowest BCUT2D eigenvalue weighted by Gasteiger charge is -2.20. The predicted molar refractivity (Wildman–Crippen MR) is 82.7 cm³/mol. The zero-order valence-electron chi connectivity index (χ0n) is 12.9. The van der Waals surface area contributed by atoms with Crippen LogP contribution in [0.15, 0.2) is 24.5 Å². The number of alkyl halides is 3. The molecule has 0 radical (unpaired) electrons. The number of carbonyl (C=O) groups excluding carboxylic acids is 1. The summed E-state index contributed by atoms with van der Waals surface area (Å²) < 4.78 is 43.6. The molecule has 1 aromatic carbocycles. The molecule has 2 aromatic rings. The van der Waals surface area contributed by atoms with E-state index < -0.39 is 23.8 Å². The van der Waals surface area contributed by atoms with Crippen molar-refractivity contribution in [3.8, 4) is 11.5 Å². The van der Waals surface area contributed by atoms with Gasteiger partial charge in [-0.2, -0.15) is 5.10 Å². The van der Waals surface area contributed by atoms with Gasteiger partial charge in [0.2, 0.25) is 5.91 Å². The Morgan fingerprint density at radius 3 is 2.72 bits per heavy atom. The molecule has 1 atom stereocenters. The van der Waals surface area contributed by atoms with Gasteiger partial charge < -0.3 is 14.7 Å². The van der Waals surface area contributed by atoms with Crippen molar-refractivity contribution >= 4 is 23.2 Å². The fraction of sp³-hybridized carbons (Fsp3) is 0.333. The number of anilines is 1. The van der Waals surface area contributed by atoms with Gasteiger partial charge in [0.1, 0.15) is 5.75 Å². The molecule has 1 unspecified atom stereocenters. The summed E-state index contributed by atoms with van der Waals surface area (Å²) in [5.74, 6) is -2.09. The number of rotatable bonds is 3. The van der Waals surface area contributed by atoms with Gasteiger partial charge in [-0.25, -0.2) is 0 Å². The molecular weight excluding hydrogens is 363 g/mol. The highest BCUT2D eigenvalue weighted by molar-refractivity contribution is 6.32. The Bertz CT molecular complexity index is 822. The summed E-state index contributed by atoms with van der Waals surface area (Å²) in [5, 5.41) is 13.7. The zero-order chi connectivity index (χ0) is 18.4. The molecule has 1 saturated heterocycles. The molecule has 0 saturated carbocycles. The van der Waals surface area contributed by atoms with Crippen molar-refractivity contribution in [2.24, 2.45) is 7.05 Å². The predicted octanol–water partition coefficient (Wildman–Crippen LogP) is 3.20. The number of aryl methyl sites for hydroxylation is 1. The lowest BCUT2D eigenvalue weighted by molar-refractivity contribution is -0.274. The number of hydrogen-bond acceptors (Lipinski definition) is 4. The van der Waals surface area contributed by atoms with E-state index in [1.807, 2.05) is 0 Å². The van der Waals surface area contributed by atoms with Crippen molar-refractivity contribution in [3.63, 3.8) is 0 Å². The van der Waals surface area contributed by atoms with E-state index in [9.17, 15) is 23.1 Å². The van der Waals surface area contributed by atoms with Crippen molar-refractivity contribution in [3.05, 3.63) is 35.1 Å². The van der Waals surface area contributed by atoms with Gasteiger partial charge in [-0.1, -0.05) is 11.6 Å². The minimum Gasteiger partial charge on any atom is -0.508 e. The van der Waals surface area contributed by atoms with Crippen molar-refractivity contribution < 1.29 is 27.8 Å². The minimum atomic E-state index is -4.97. The zero-order valence-corrected chi connectivity index (χ0v) is 13.7. The smallest absolute Gasteiger partial charge is 0.508 e. The van der Waals surface area contributed by atoms with E-state index in [1.165, 1.54) is 21.8 Å². The van der Waals surface area contributed by atoms with Gasteiger partial charge in [0.05, 0.1) is 16.9 Å². The number of benzene rings is 1. The number of nitrogens with zero attached hydrogens (tertiary/aromatic N) is 3. The van der Waals surface area contributed by atoms with Crippen molar-refractivity contribution in [1.82, 2.24) is 9.78 Å². The number of hydrogen-bond donors (Lipinski definition) is 1. The molecule has 3 rings (SSSR count). The summed E-state index contributed by atoms with van der Waals surface area (Å²) in [5.41, 5.74) is 0.388. The van der Waals surface area contributed by atoms with Crippen LogP contribution in [0, 0.1) is 0 Å². The fourth-order valence-corrected chi connectivity index (χ4v) is 3.08. The maximum atomic E-state index is 12.7. The van der Waals surface area contributed by atoms with Crippen LogP contribution in [0.5, 0.6) is 11.5 Å². The average molecular weight is 376 g/mol. The minimum absolute atomic E-state index is 0.0760. The second kappa shape index (κ2) is 6.14. The van der Waals surface area contributed by atoms with Gasteiger partial charge in [-0.05, 0) is 12.1 Å². The fourth-order valence-electron chi connectivity index (χ4n) is 2.87. The van der Waals surface area contributed by atoms with E-state index in [1.54, 1.807) is 13.2 Å². The number of ether oxygens (including phenoxy) is 1. The Morgan fingerprint density at radius 2 is 2.12 bits per heavy atom. The van der Waals surface area contributed by atoms with Crippen LogP contribution in [0.4, 0.5) is 18.9 Å². The van der Waals surface area contributed by atoms with E-state index >= 15 is 0 Å². The molecule has 1 aliphatic heterocycles. The summed E-state index contributed by atoms with van der Waals surface area (Å²) in [6, 6.07) is 2.29. The van der Waals surface area contributed by atoms with Crippen LogP contribution in [-0.4, -0.2) is 33.7 Å². The van der Waals surface area contributed by atoms with Crippen molar-refractivity contribution in [1.29, 1.82) is 0 Å². The number of carbonyl (C=O) groups is 1. The van der Waals surface area contributed by atoms with Crippen LogP contribution in [0.25, 0.3) is 0 Å². The van der Waals surface area contributed by atoms with Gasteiger partial charge >= 0.3 is 6.36 Å². The quantitative estimate of drug-likeness (QED) is 0.894. The van der Waals surface area contributed by atoms with Crippen LogP contribution in [0.2, 0.25) is 5.02 Å².